The van der Waals surface area contributed by atoms with Gasteiger partial charge in [0.25, 0.3) is 5.91 Å². The van der Waals surface area contributed by atoms with Gasteiger partial charge in [-0.05, 0) is 54.6 Å². The van der Waals surface area contributed by atoms with Crippen LogP contribution >= 0.6 is 23.4 Å². The second kappa shape index (κ2) is 9.37. The lowest BCUT2D eigenvalue weighted by Crippen LogP contribution is -2.31. The maximum absolute atomic E-state index is 14.6. The molecule has 5 rings (SSSR count). The summed E-state index contributed by atoms with van der Waals surface area (Å²) >= 11 is 7.68. The molecule has 1 aliphatic rings. The lowest BCUT2D eigenvalue weighted by Gasteiger charge is -2.24. The quantitative estimate of drug-likeness (QED) is 0.288. The highest BCUT2D eigenvalue weighted by Gasteiger charge is 2.29. The molecule has 0 atom stereocenters. The van der Waals surface area contributed by atoms with Gasteiger partial charge in [0, 0.05) is 20.4 Å². The smallest absolute Gasteiger partial charge is 0.338 e. The first kappa shape index (κ1) is 22.3. The Bertz CT molecular complexity index is 1370. The van der Waals surface area contributed by atoms with E-state index in [0.29, 0.717) is 17.0 Å². The summed E-state index contributed by atoms with van der Waals surface area (Å²) in [6, 6.07) is 20.0. The normalized spacial score (nSPS) is 12.6. The van der Waals surface area contributed by atoms with E-state index in [-0.39, 0.29) is 35.2 Å². The SMILES string of the molecule is O=C(OCc1ccco1)c1ccc2c(c1)N(Cc1c(F)cccc1Cl)C(=O)c1ccccc1S2. The van der Waals surface area contributed by atoms with E-state index in [2.05, 4.69) is 0 Å². The summed E-state index contributed by atoms with van der Waals surface area (Å²) in [6.07, 6.45) is 1.50. The highest BCUT2D eigenvalue weighted by molar-refractivity contribution is 7.99. The molecule has 0 unspecified atom stereocenters. The number of carbonyl (C=O) groups is 2. The number of esters is 1. The van der Waals surface area contributed by atoms with Crippen molar-refractivity contribution in [2.45, 2.75) is 22.9 Å². The fourth-order valence-corrected chi connectivity index (χ4v) is 4.94. The van der Waals surface area contributed by atoms with Crippen LogP contribution in [0.1, 0.15) is 32.0 Å². The minimum atomic E-state index is -0.567. The first-order chi connectivity index (χ1) is 16.5. The number of nitrogens with zero attached hydrogens (tertiary/aromatic N) is 1. The van der Waals surface area contributed by atoms with Crippen LogP contribution in [-0.2, 0) is 17.9 Å². The highest BCUT2D eigenvalue weighted by Crippen LogP contribution is 2.42. The molecule has 0 fully saturated rings. The van der Waals surface area contributed by atoms with E-state index in [1.807, 2.05) is 12.1 Å². The molecule has 0 bridgehead atoms. The summed E-state index contributed by atoms with van der Waals surface area (Å²) < 4.78 is 25.2. The van der Waals surface area contributed by atoms with Gasteiger partial charge in [0.1, 0.15) is 18.2 Å². The van der Waals surface area contributed by atoms with Gasteiger partial charge in [0.15, 0.2) is 0 Å². The molecule has 3 aromatic carbocycles. The van der Waals surface area contributed by atoms with Crippen LogP contribution in [0.15, 0.2) is 93.3 Å². The Labute approximate surface area is 204 Å². The fraction of sp³-hybridized carbons (Fsp3) is 0.0769. The van der Waals surface area contributed by atoms with Gasteiger partial charge in [0.05, 0.1) is 29.6 Å². The summed E-state index contributed by atoms with van der Waals surface area (Å²) in [6.45, 7) is -0.117. The standard InChI is InChI=1S/C26H17ClFNO4S/c27-20-7-3-8-21(28)19(20)14-29-22-13-16(26(31)33-15-17-5-4-12-32-17)10-11-24(22)34-23-9-2-1-6-18(23)25(29)30/h1-13H,14-15H2. The molecule has 1 aliphatic heterocycles. The second-order valence-corrected chi connectivity index (χ2v) is 9.02. The third-order valence-electron chi connectivity index (χ3n) is 5.37. The minimum absolute atomic E-state index is 0.0173. The van der Waals surface area contributed by atoms with E-state index >= 15 is 0 Å². The van der Waals surface area contributed by atoms with Gasteiger partial charge < -0.3 is 14.1 Å². The van der Waals surface area contributed by atoms with Crippen molar-refractivity contribution in [1.29, 1.82) is 0 Å². The van der Waals surface area contributed by atoms with Crippen LogP contribution < -0.4 is 4.90 Å². The van der Waals surface area contributed by atoms with Gasteiger partial charge in [0.2, 0.25) is 0 Å². The van der Waals surface area contributed by atoms with Gasteiger partial charge in [-0.15, -0.1) is 0 Å². The van der Waals surface area contributed by atoms with Crippen molar-refractivity contribution >= 4 is 40.9 Å². The van der Waals surface area contributed by atoms with Crippen LogP contribution in [0.3, 0.4) is 0 Å². The topological polar surface area (TPSA) is 59.8 Å². The first-order valence-corrected chi connectivity index (χ1v) is 11.6. The molecule has 1 aromatic heterocycles. The zero-order chi connectivity index (χ0) is 23.7. The van der Waals surface area contributed by atoms with E-state index in [1.54, 1.807) is 48.5 Å². The molecule has 170 valence electrons. The van der Waals surface area contributed by atoms with Crippen molar-refractivity contribution in [3.05, 3.63) is 112 Å². The molecule has 1 amide bonds. The van der Waals surface area contributed by atoms with Gasteiger partial charge in [-0.2, -0.15) is 0 Å². The number of carbonyl (C=O) groups excluding carboxylic acids is 2. The largest absolute Gasteiger partial charge is 0.466 e. The number of hydrogen-bond donors (Lipinski definition) is 0. The Kier molecular flexibility index (Phi) is 6.13. The number of furan rings is 1. The van der Waals surface area contributed by atoms with Crippen LogP contribution in [0.4, 0.5) is 10.1 Å². The summed E-state index contributed by atoms with van der Waals surface area (Å²) in [7, 11) is 0. The van der Waals surface area contributed by atoms with E-state index in [0.717, 1.165) is 9.79 Å². The summed E-state index contributed by atoms with van der Waals surface area (Å²) in [5.74, 6) is -0.884. The molecular formula is C26H17ClFNO4S. The molecule has 0 spiro atoms. The average molecular weight is 494 g/mol. The molecular weight excluding hydrogens is 477 g/mol. The van der Waals surface area contributed by atoms with Crippen LogP contribution in [-0.4, -0.2) is 11.9 Å². The van der Waals surface area contributed by atoms with Gasteiger partial charge in [-0.25, -0.2) is 9.18 Å². The monoisotopic (exact) mass is 493 g/mol. The van der Waals surface area contributed by atoms with Gasteiger partial charge in [-0.3, -0.25) is 4.79 Å². The average Bonchev–Trinajstić information content (AvgIpc) is 3.33. The predicted molar refractivity (Wildman–Crippen MR) is 127 cm³/mol. The molecule has 0 N–H and O–H groups in total. The molecule has 34 heavy (non-hydrogen) atoms. The van der Waals surface area contributed by atoms with Crippen molar-refractivity contribution in [2.75, 3.05) is 4.90 Å². The molecule has 2 heterocycles. The summed E-state index contributed by atoms with van der Waals surface area (Å²) in [5.41, 5.74) is 1.41. The van der Waals surface area contributed by atoms with Crippen LogP contribution in [0.2, 0.25) is 5.02 Å². The van der Waals surface area contributed by atoms with Crippen molar-refractivity contribution in [1.82, 2.24) is 0 Å². The van der Waals surface area contributed by atoms with E-state index in [4.69, 9.17) is 20.8 Å². The summed E-state index contributed by atoms with van der Waals surface area (Å²) in [5, 5.41) is 0.216. The lowest BCUT2D eigenvalue weighted by atomic mass is 10.1. The summed E-state index contributed by atoms with van der Waals surface area (Å²) in [4.78, 5) is 29.3. The Hall–Kier alpha value is -3.55. The Morgan fingerprint density at radius 2 is 1.88 bits per heavy atom. The van der Waals surface area contributed by atoms with Crippen LogP contribution in [0.5, 0.6) is 0 Å². The Balaban J connectivity index is 1.55. The van der Waals surface area contributed by atoms with Crippen LogP contribution in [0, 0.1) is 5.82 Å². The molecule has 5 nitrogen and oxygen atoms in total. The maximum atomic E-state index is 14.6. The second-order valence-electron chi connectivity index (χ2n) is 7.53. The van der Waals surface area contributed by atoms with E-state index in [9.17, 15) is 14.0 Å². The van der Waals surface area contributed by atoms with Crippen molar-refractivity contribution < 1.29 is 23.1 Å². The fourth-order valence-electron chi connectivity index (χ4n) is 3.66. The number of amides is 1. The third-order valence-corrected chi connectivity index (χ3v) is 6.87. The molecule has 0 aliphatic carbocycles. The Morgan fingerprint density at radius 1 is 1.03 bits per heavy atom. The number of halogens is 2. The number of benzene rings is 3. The third kappa shape index (κ3) is 4.32. The number of ether oxygens (including phenoxy) is 1. The van der Waals surface area contributed by atoms with E-state index in [1.165, 1.54) is 35.1 Å². The zero-order valence-electron chi connectivity index (χ0n) is 17.7. The number of fused-ring (bicyclic) bond motifs is 2. The molecule has 0 saturated carbocycles. The van der Waals surface area contributed by atoms with Crippen molar-refractivity contribution in [2.24, 2.45) is 0 Å². The van der Waals surface area contributed by atoms with Gasteiger partial charge >= 0.3 is 5.97 Å². The zero-order valence-corrected chi connectivity index (χ0v) is 19.2. The van der Waals surface area contributed by atoms with Gasteiger partial charge in [-0.1, -0.05) is 41.6 Å². The van der Waals surface area contributed by atoms with Crippen molar-refractivity contribution in [3.8, 4) is 0 Å². The number of anilines is 1. The number of hydrogen-bond acceptors (Lipinski definition) is 5. The highest BCUT2D eigenvalue weighted by atomic mass is 35.5. The molecule has 4 aromatic rings. The Morgan fingerprint density at radius 3 is 2.68 bits per heavy atom. The molecule has 8 heteroatoms. The lowest BCUT2D eigenvalue weighted by molar-refractivity contribution is 0.0445. The maximum Gasteiger partial charge on any atom is 0.338 e. The predicted octanol–water partition coefficient (Wildman–Crippen LogP) is 6.74. The van der Waals surface area contributed by atoms with E-state index < -0.39 is 11.8 Å². The van der Waals surface area contributed by atoms with Crippen molar-refractivity contribution in [3.63, 3.8) is 0 Å². The molecule has 0 radical (unpaired) electrons. The minimum Gasteiger partial charge on any atom is -0.466 e. The number of rotatable bonds is 5. The van der Waals surface area contributed by atoms with Crippen LogP contribution in [0.25, 0.3) is 0 Å². The molecule has 0 saturated heterocycles. The first-order valence-electron chi connectivity index (χ1n) is 10.4.